The number of allylic oxidation sites excluding steroid dienone is 2. The zero-order valence-electron chi connectivity index (χ0n) is 14.2. The third kappa shape index (κ3) is 4.12. The molecular weight excluding hydrogens is 469 g/mol. The van der Waals surface area contributed by atoms with Gasteiger partial charge in [0.2, 0.25) is 0 Å². The summed E-state index contributed by atoms with van der Waals surface area (Å²) >= 11 is 1.77. The molecule has 1 amide bonds. The third-order valence-electron chi connectivity index (χ3n) is 3.98. The summed E-state index contributed by atoms with van der Waals surface area (Å²) in [6.45, 7) is 0. The predicted molar refractivity (Wildman–Crippen MR) is 123 cm³/mol. The van der Waals surface area contributed by atoms with Crippen LogP contribution in [0.4, 0.5) is 11.4 Å². The van der Waals surface area contributed by atoms with Crippen LogP contribution in [0.15, 0.2) is 80.8 Å². The Labute approximate surface area is 171 Å². The molecule has 0 fully saturated rings. The molecule has 0 bridgehead atoms. The van der Waals surface area contributed by atoms with Crippen molar-refractivity contribution in [1.82, 2.24) is 4.98 Å². The summed E-state index contributed by atoms with van der Waals surface area (Å²) in [4.78, 5) is 18.7. The molecule has 3 N–H and O–H groups in total. The maximum Gasteiger partial charge on any atom is 0.252 e. The number of pyridine rings is 1. The minimum Gasteiger partial charge on any atom is -0.365 e. The number of hydrogen-bond donors (Lipinski definition) is 2. The predicted octanol–water partition coefficient (Wildman–Crippen LogP) is 5.35. The molecule has 0 aliphatic carbocycles. The van der Waals surface area contributed by atoms with E-state index in [0.29, 0.717) is 11.3 Å². The van der Waals surface area contributed by atoms with Gasteiger partial charge in [0.15, 0.2) is 0 Å². The topological polar surface area (TPSA) is 68.0 Å². The number of nitrogens with zero attached hydrogens (tertiary/aromatic N) is 1. The van der Waals surface area contributed by atoms with Crippen LogP contribution >= 0.6 is 32.5 Å². The number of amides is 1. The lowest BCUT2D eigenvalue weighted by molar-refractivity contribution is 0.100. The molecule has 6 heteroatoms. The first kappa shape index (κ1) is 17.9. The number of para-hydroxylation sites is 1. The number of halogens is 1. The van der Waals surface area contributed by atoms with E-state index in [1.54, 1.807) is 11.8 Å². The van der Waals surface area contributed by atoms with Gasteiger partial charge in [-0.25, -0.2) is 0 Å². The number of anilines is 2. The molecule has 4 rings (SSSR count). The molecule has 1 aliphatic rings. The van der Waals surface area contributed by atoms with E-state index in [2.05, 4.69) is 42.7 Å². The number of aromatic nitrogens is 1. The molecule has 134 valence electrons. The van der Waals surface area contributed by atoms with Gasteiger partial charge in [-0.1, -0.05) is 50.7 Å². The van der Waals surface area contributed by atoms with Crippen molar-refractivity contribution in [3.63, 3.8) is 0 Å². The van der Waals surface area contributed by atoms with Crippen LogP contribution in [0.5, 0.6) is 0 Å². The highest BCUT2D eigenvalue weighted by Crippen LogP contribution is 2.35. The van der Waals surface area contributed by atoms with E-state index in [9.17, 15) is 4.79 Å². The summed E-state index contributed by atoms with van der Waals surface area (Å²) in [5.41, 5.74) is 8.37. The van der Waals surface area contributed by atoms with Crippen LogP contribution in [0.1, 0.15) is 10.4 Å². The molecule has 2 heterocycles. The van der Waals surface area contributed by atoms with Crippen LogP contribution in [0.3, 0.4) is 0 Å². The molecule has 1 aromatic heterocycles. The smallest absolute Gasteiger partial charge is 0.252 e. The first-order chi connectivity index (χ1) is 13.2. The van der Waals surface area contributed by atoms with E-state index < -0.39 is 5.91 Å². The molecule has 0 unspecified atom stereocenters. The monoisotopic (exact) mass is 485 g/mol. The van der Waals surface area contributed by atoms with Gasteiger partial charge in [0.25, 0.3) is 5.91 Å². The Balaban J connectivity index is 1.81. The number of fused-ring (bicyclic) bond motifs is 1. The number of rotatable bonds is 5. The average molecular weight is 485 g/mol. The van der Waals surface area contributed by atoms with Gasteiger partial charge in [0, 0.05) is 27.1 Å². The van der Waals surface area contributed by atoms with E-state index in [-0.39, 0.29) is 20.7 Å². The Morgan fingerprint density at radius 1 is 1.15 bits per heavy atom. The first-order valence-electron chi connectivity index (χ1n) is 8.25. The van der Waals surface area contributed by atoms with Gasteiger partial charge < -0.3 is 11.1 Å². The Kier molecular flexibility index (Phi) is 5.35. The second kappa shape index (κ2) is 8.06. The number of carbonyl (C=O) groups is 1. The van der Waals surface area contributed by atoms with E-state index in [4.69, 9.17) is 5.73 Å². The van der Waals surface area contributed by atoms with Crippen LogP contribution in [-0.4, -0.2) is 14.9 Å². The summed E-state index contributed by atoms with van der Waals surface area (Å²) in [5, 5.41) is 4.22. The van der Waals surface area contributed by atoms with Crippen molar-refractivity contribution in [2.75, 3.05) is 5.32 Å². The van der Waals surface area contributed by atoms with Crippen molar-refractivity contribution < 1.29 is 4.79 Å². The fourth-order valence-electron chi connectivity index (χ4n) is 2.72. The number of nitrogens with two attached hydrogens (primary N) is 1. The minimum atomic E-state index is -0.502. The lowest BCUT2D eigenvalue weighted by Crippen LogP contribution is -2.14. The zero-order valence-corrected chi connectivity index (χ0v) is 17.2. The number of carbonyl (C=O) groups excluding carboxylic acids is 1. The maximum atomic E-state index is 12.0. The molecule has 3 aromatic rings. The average Bonchev–Trinajstić information content (AvgIpc) is 2.70. The Morgan fingerprint density at radius 3 is 2.74 bits per heavy atom. The normalized spacial score (nSPS) is 13.1. The molecule has 0 saturated heterocycles. The van der Waals surface area contributed by atoms with Crippen molar-refractivity contribution in [2.45, 2.75) is 4.90 Å². The summed E-state index contributed by atoms with van der Waals surface area (Å²) in [6, 6.07) is 15.8. The third-order valence-corrected chi connectivity index (χ3v) is 6.53. The van der Waals surface area contributed by atoms with Crippen molar-refractivity contribution in [1.29, 1.82) is 0 Å². The van der Waals surface area contributed by atoms with Crippen LogP contribution in [-0.2, 0) is 0 Å². The summed E-state index contributed by atoms with van der Waals surface area (Å²) < 4.78 is 4.49. The van der Waals surface area contributed by atoms with E-state index in [0.717, 1.165) is 21.5 Å². The first-order valence-corrected chi connectivity index (χ1v) is 11.6. The summed E-state index contributed by atoms with van der Waals surface area (Å²) in [7, 11) is 0. The van der Waals surface area contributed by atoms with E-state index in [1.807, 2.05) is 36.4 Å². The van der Waals surface area contributed by atoms with Gasteiger partial charge in [-0.3, -0.25) is 9.78 Å². The Bertz CT molecular complexity index is 1110. The van der Waals surface area contributed by atoms with Crippen molar-refractivity contribution in [3.8, 4) is 0 Å². The van der Waals surface area contributed by atoms with Gasteiger partial charge >= 0.3 is 0 Å². The SMILES string of the molecule is NC(=O)c1cnc2ccc(SC3=CC=IC=C3)cc2c1Nc1ccccc1. The highest BCUT2D eigenvalue weighted by molar-refractivity contribution is 14.2. The molecule has 27 heavy (non-hydrogen) atoms. The van der Waals surface area contributed by atoms with Crippen molar-refractivity contribution >= 4 is 64.7 Å². The fourth-order valence-corrected chi connectivity index (χ4v) is 5.50. The number of hydrogen-bond acceptors (Lipinski definition) is 4. The zero-order chi connectivity index (χ0) is 18.6. The summed E-state index contributed by atoms with van der Waals surface area (Å²) in [6.07, 6.45) is 5.88. The highest BCUT2D eigenvalue weighted by Gasteiger charge is 2.14. The molecule has 2 aromatic carbocycles. The number of nitrogens with one attached hydrogen (secondary N) is 1. The Morgan fingerprint density at radius 2 is 2.00 bits per heavy atom. The van der Waals surface area contributed by atoms with Crippen LogP contribution in [0.2, 0.25) is 0 Å². The number of primary amides is 1. The van der Waals surface area contributed by atoms with E-state index >= 15 is 0 Å². The van der Waals surface area contributed by atoms with Crippen molar-refractivity contribution in [3.05, 3.63) is 81.4 Å². The van der Waals surface area contributed by atoms with Crippen molar-refractivity contribution in [2.24, 2.45) is 5.73 Å². The van der Waals surface area contributed by atoms with Crippen LogP contribution < -0.4 is 11.1 Å². The number of thioether (sulfide) groups is 1. The molecule has 0 saturated carbocycles. The second-order valence-electron chi connectivity index (χ2n) is 5.80. The van der Waals surface area contributed by atoms with Gasteiger partial charge in [-0.2, -0.15) is 0 Å². The lowest BCUT2D eigenvalue weighted by atomic mass is 10.1. The standard InChI is InChI=1S/C21H16IN3OS/c23-21(26)18-13-24-19-7-6-16(27-15-8-10-22-11-9-15)12-17(19)20(18)25-14-4-2-1-3-5-14/h1-13H,(H2,23,26)(H,24,25). The van der Waals surface area contributed by atoms with Crippen LogP contribution in [0, 0.1) is 0 Å². The van der Waals surface area contributed by atoms with Gasteiger partial charge in [0.05, 0.1) is 16.8 Å². The molecular formula is C21H16IN3OS. The fraction of sp³-hybridized carbons (Fsp3) is 0. The maximum absolute atomic E-state index is 12.0. The second-order valence-corrected chi connectivity index (χ2v) is 9.10. The van der Waals surface area contributed by atoms with E-state index in [1.165, 1.54) is 11.1 Å². The quantitative estimate of drug-likeness (QED) is 0.478. The largest absolute Gasteiger partial charge is 0.365 e. The summed E-state index contributed by atoms with van der Waals surface area (Å²) in [5.74, 6) is -0.502. The molecule has 0 atom stereocenters. The lowest BCUT2D eigenvalue weighted by Gasteiger charge is -2.14. The molecule has 0 spiro atoms. The van der Waals surface area contributed by atoms with Crippen LogP contribution in [0.25, 0.3) is 10.9 Å². The van der Waals surface area contributed by atoms with Gasteiger partial charge in [-0.05, 0) is 50.6 Å². The molecule has 4 nitrogen and oxygen atoms in total. The highest BCUT2D eigenvalue weighted by atomic mass is 127. The molecule has 0 radical (unpaired) electrons. The Hall–Kier alpha value is -2.45. The van der Waals surface area contributed by atoms with Gasteiger partial charge in [-0.15, -0.1) is 0 Å². The number of benzene rings is 2. The van der Waals surface area contributed by atoms with Gasteiger partial charge in [0.1, 0.15) is 0 Å². The molecule has 1 aliphatic heterocycles. The minimum absolute atomic E-state index is 0.0696.